The molecule has 0 bridgehead atoms. The molecule has 138 valence electrons. The molecule has 0 radical (unpaired) electrons. The number of pyridine rings is 1. The van der Waals surface area contributed by atoms with Crippen LogP contribution in [0, 0.1) is 5.82 Å². The van der Waals surface area contributed by atoms with Crippen molar-refractivity contribution in [2.45, 2.75) is 6.54 Å². The lowest BCUT2D eigenvalue weighted by atomic mass is 10.1. The molecule has 9 heteroatoms. The summed E-state index contributed by atoms with van der Waals surface area (Å²) in [6, 6.07) is 2.42. The summed E-state index contributed by atoms with van der Waals surface area (Å²) in [6.45, 7) is 2.14. The number of carboxylic acid groups (broad SMARTS) is 2. The summed E-state index contributed by atoms with van der Waals surface area (Å²) in [5.74, 6) is -3.32. The fourth-order valence-electron chi connectivity index (χ4n) is 3.12. The normalized spacial score (nSPS) is 15.4. The van der Waals surface area contributed by atoms with Gasteiger partial charge in [0.15, 0.2) is 0 Å². The van der Waals surface area contributed by atoms with Crippen LogP contribution in [0.3, 0.4) is 0 Å². The first-order valence-electron chi connectivity index (χ1n) is 8.03. The molecule has 0 saturated carbocycles. The first-order chi connectivity index (χ1) is 12.3. The number of nitrogens with zero attached hydrogens (tertiary/aromatic N) is 3. The number of anilines is 1. The predicted molar refractivity (Wildman–Crippen MR) is 92.5 cm³/mol. The number of aromatic nitrogens is 1. The second-order valence-corrected chi connectivity index (χ2v) is 6.31. The van der Waals surface area contributed by atoms with Gasteiger partial charge in [0.1, 0.15) is 17.9 Å². The molecule has 1 aliphatic rings. The molecule has 0 amide bonds. The number of benzene rings is 1. The molecule has 1 saturated heterocycles. The highest BCUT2D eigenvalue weighted by atomic mass is 19.1. The average Bonchev–Trinajstić information content (AvgIpc) is 2.57. The van der Waals surface area contributed by atoms with E-state index in [0.717, 1.165) is 29.9 Å². The van der Waals surface area contributed by atoms with Crippen LogP contribution in [0.15, 0.2) is 23.1 Å². The second-order valence-electron chi connectivity index (χ2n) is 6.31. The number of fused-ring (bicyclic) bond motifs is 1. The summed E-state index contributed by atoms with van der Waals surface area (Å²) in [6.07, 6.45) is 0.993. The third kappa shape index (κ3) is 3.25. The molecule has 0 aliphatic carbocycles. The van der Waals surface area contributed by atoms with Crippen LogP contribution in [-0.2, 0) is 11.3 Å². The Morgan fingerprint density at radius 1 is 1.15 bits per heavy atom. The Morgan fingerprint density at radius 2 is 1.81 bits per heavy atom. The molecule has 1 fully saturated rings. The fourth-order valence-corrected chi connectivity index (χ4v) is 3.12. The van der Waals surface area contributed by atoms with E-state index >= 15 is 0 Å². The van der Waals surface area contributed by atoms with Crippen LogP contribution >= 0.6 is 0 Å². The number of hydrogen-bond acceptors (Lipinski definition) is 5. The Kier molecular flexibility index (Phi) is 4.64. The molecule has 8 nitrogen and oxygen atoms in total. The van der Waals surface area contributed by atoms with E-state index in [9.17, 15) is 18.8 Å². The van der Waals surface area contributed by atoms with Crippen molar-refractivity contribution in [1.82, 2.24) is 9.47 Å². The molecule has 1 aromatic carbocycles. The third-order valence-corrected chi connectivity index (χ3v) is 4.53. The SMILES string of the molecule is CN1CCN(c2cc3c(cc2F)c(=O)c(C(=O)O)cn3CC(=O)O)CC1. The van der Waals surface area contributed by atoms with Crippen molar-refractivity contribution in [3.63, 3.8) is 0 Å². The van der Waals surface area contributed by atoms with Crippen LogP contribution in [0.1, 0.15) is 10.4 Å². The maximum Gasteiger partial charge on any atom is 0.341 e. The largest absolute Gasteiger partial charge is 0.480 e. The number of halogens is 1. The highest BCUT2D eigenvalue weighted by Crippen LogP contribution is 2.26. The number of aliphatic carboxylic acids is 1. The molecule has 26 heavy (non-hydrogen) atoms. The van der Waals surface area contributed by atoms with Crippen molar-refractivity contribution in [2.75, 3.05) is 38.1 Å². The van der Waals surface area contributed by atoms with Gasteiger partial charge >= 0.3 is 11.9 Å². The van der Waals surface area contributed by atoms with Crippen molar-refractivity contribution < 1.29 is 24.2 Å². The van der Waals surface area contributed by atoms with Crippen molar-refractivity contribution in [2.24, 2.45) is 0 Å². The molecule has 2 heterocycles. The van der Waals surface area contributed by atoms with Gasteiger partial charge in [0.2, 0.25) is 5.43 Å². The maximum absolute atomic E-state index is 14.6. The monoisotopic (exact) mass is 363 g/mol. The van der Waals surface area contributed by atoms with Gasteiger partial charge in [-0.3, -0.25) is 9.59 Å². The number of hydrogen-bond donors (Lipinski definition) is 2. The Balaban J connectivity index is 2.21. The van der Waals surface area contributed by atoms with Crippen LogP contribution < -0.4 is 10.3 Å². The lowest BCUT2D eigenvalue weighted by molar-refractivity contribution is -0.137. The molecule has 0 unspecified atom stereocenters. The highest BCUT2D eigenvalue weighted by Gasteiger charge is 2.22. The van der Waals surface area contributed by atoms with E-state index < -0.39 is 35.3 Å². The van der Waals surface area contributed by atoms with Crippen LogP contribution in [0.5, 0.6) is 0 Å². The quantitative estimate of drug-likeness (QED) is 0.823. The lowest BCUT2D eigenvalue weighted by Crippen LogP contribution is -2.44. The van der Waals surface area contributed by atoms with Gasteiger partial charge in [-0.2, -0.15) is 0 Å². The zero-order chi connectivity index (χ0) is 19.0. The minimum atomic E-state index is -1.49. The van der Waals surface area contributed by atoms with Crippen molar-refractivity contribution in [3.05, 3.63) is 39.9 Å². The molecule has 3 rings (SSSR count). The predicted octanol–water partition coefficient (Wildman–Crippen LogP) is 0.675. The number of rotatable bonds is 4. The van der Waals surface area contributed by atoms with E-state index in [0.29, 0.717) is 13.1 Å². The summed E-state index contributed by atoms with van der Waals surface area (Å²) < 4.78 is 15.8. The standard InChI is InChI=1S/C17H18FN3O5/c1-19-2-4-20(5-3-19)14-7-13-10(6-12(14)18)16(24)11(17(25)26)8-21(13)9-15(22)23/h6-8H,2-5,9H2,1H3,(H,22,23)(H,25,26). The lowest BCUT2D eigenvalue weighted by Gasteiger charge is -2.34. The smallest absolute Gasteiger partial charge is 0.341 e. The summed E-state index contributed by atoms with van der Waals surface area (Å²) in [5.41, 5.74) is -0.964. The van der Waals surface area contributed by atoms with Crippen LogP contribution in [0.2, 0.25) is 0 Å². The van der Waals surface area contributed by atoms with E-state index in [-0.39, 0.29) is 16.6 Å². The molecular formula is C17H18FN3O5. The maximum atomic E-state index is 14.6. The van der Waals surface area contributed by atoms with Crippen LogP contribution in [0.4, 0.5) is 10.1 Å². The van der Waals surface area contributed by atoms with Crippen molar-refractivity contribution in [3.8, 4) is 0 Å². The van der Waals surface area contributed by atoms with E-state index in [1.54, 1.807) is 0 Å². The summed E-state index contributed by atoms with van der Waals surface area (Å²) in [4.78, 5) is 38.7. The van der Waals surface area contributed by atoms with E-state index in [1.807, 2.05) is 11.9 Å². The highest BCUT2D eigenvalue weighted by molar-refractivity contribution is 5.94. The van der Waals surface area contributed by atoms with Gasteiger partial charge in [-0.05, 0) is 19.2 Å². The Hall–Kier alpha value is -2.94. The molecule has 0 spiro atoms. The van der Waals surface area contributed by atoms with Gasteiger partial charge in [-0.25, -0.2) is 9.18 Å². The molecule has 2 N–H and O–H groups in total. The van der Waals surface area contributed by atoms with Gasteiger partial charge in [0.05, 0.1) is 11.2 Å². The van der Waals surface area contributed by atoms with Gasteiger partial charge < -0.3 is 24.6 Å². The fraction of sp³-hybridized carbons (Fsp3) is 0.353. The molecule has 0 atom stereocenters. The average molecular weight is 363 g/mol. The minimum Gasteiger partial charge on any atom is -0.480 e. The summed E-state index contributed by atoms with van der Waals surface area (Å²) in [5, 5.41) is 18.1. The zero-order valence-corrected chi connectivity index (χ0v) is 14.1. The number of piperazine rings is 1. The van der Waals surface area contributed by atoms with Crippen LogP contribution in [0.25, 0.3) is 10.9 Å². The second kappa shape index (κ2) is 6.75. The Morgan fingerprint density at radius 3 is 2.38 bits per heavy atom. The van der Waals surface area contributed by atoms with Gasteiger partial charge in [0, 0.05) is 37.8 Å². The molecule has 1 aliphatic heterocycles. The van der Waals surface area contributed by atoms with Crippen molar-refractivity contribution in [1.29, 1.82) is 0 Å². The molecule has 1 aromatic heterocycles. The van der Waals surface area contributed by atoms with E-state index in [1.165, 1.54) is 6.07 Å². The number of carbonyl (C=O) groups is 2. The summed E-state index contributed by atoms with van der Waals surface area (Å²) in [7, 11) is 1.96. The Labute approximate surface area is 147 Å². The minimum absolute atomic E-state index is 0.151. The summed E-state index contributed by atoms with van der Waals surface area (Å²) >= 11 is 0. The number of carboxylic acids is 2. The molecular weight excluding hydrogens is 345 g/mol. The van der Waals surface area contributed by atoms with Gasteiger partial charge in [0.25, 0.3) is 0 Å². The first kappa shape index (κ1) is 17.9. The topological polar surface area (TPSA) is 103 Å². The number of aromatic carboxylic acids is 1. The molecule has 2 aromatic rings. The van der Waals surface area contributed by atoms with E-state index in [4.69, 9.17) is 10.2 Å². The number of likely N-dealkylation sites (N-methyl/N-ethyl adjacent to an activating group) is 1. The van der Waals surface area contributed by atoms with Crippen molar-refractivity contribution >= 4 is 28.5 Å². The Bertz CT molecular complexity index is 948. The first-order valence-corrected chi connectivity index (χ1v) is 8.03. The third-order valence-electron chi connectivity index (χ3n) is 4.53. The van der Waals surface area contributed by atoms with Gasteiger partial charge in [-0.1, -0.05) is 0 Å². The van der Waals surface area contributed by atoms with Crippen LogP contribution in [-0.4, -0.2) is 64.8 Å². The zero-order valence-electron chi connectivity index (χ0n) is 14.1. The van der Waals surface area contributed by atoms with E-state index in [2.05, 4.69) is 4.90 Å². The van der Waals surface area contributed by atoms with Gasteiger partial charge in [-0.15, -0.1) is 0 Å².